The van der Waals surface area contributed by atoms with Crippen molar-refractivity contribution >= 4 is 31.2 Å². The third kappa shape index (κ3) is 12.0. The van der Waals surface area contributed by atoms with E-state index in [2.05, 4.69) is 20.8 Å². The lowest BCUT2D eigenvalue weighted by molar-refractivity contribution is -0.181. The molecule has 0 spiro atoms. The van der Waals surface area contributed by atoms with Crippen molar-refractivity contribution in [3.05, 3.63) is 108 Å². The van der Waals surface area contributed by atoms with Crippen molar-refractivity contribution in [3.63, 3.8) is 0 Å². The second-order valence-corrected chi connectivity index (χ2v) is 23.2. The van der Waals surface area contributed by atoms with Gasteiger partial charge in [-0.1, -0.05) is 112 Å². The van der Waals surface area contributed by atoms with Crippen LogP contribution in [0.5, 0.6) is 0 Å². The van der Waals surface area contributed by atoms with E-state index in [1.54, 1.807) is 0 Å². The fourth-order valence-corrected chi connectivity index (χ4v) is 15.2. The van der Waals surface area contributed by atoms with Crippen molar-refractivity contribution in [2.24, 2.45) is 52.3 Å². The van der Waals surface area contributed by atoms with Gasteiger partial charge in [0.2, 0.25) is 7.37 Å². The summed E-state index contributed by atoms with van der Waals surface area (Å²) in [5.41, 5.74) is 2.22. The summed E-state index contributed by atoms with van der Waals surface area (Å²) in [7, 11) is -3.72. The van der Waals surface area contributed by atoms with Gasteiger partial charge in [0, 0.05) is 25.2 Å². The summed E-state index contributed by atoms with van der Waals surface area (Å²) < 4.78 is 38.6. The second kappa shape index (κ2) is 22.2. The number of hydrogen-bond donors (Lipinski definition) is 2. The average molecular weight is 927 g/mol. The number of aliphatic carboxylic acids is 1. The van der Waals surface area contributed by atoms with E-state index >= 15 is 0 Å². The minimum atomic E-state index is -3.72. The summed E-state index contributed by atoms with van der Waals surface area (Å²) in [6, 6.07) is 27.9. The van der Waals surface area contributed by atoms with Crippen LogP contribution in [-0.2, 0) is 62.3 Å². The summed E-state index contributed by atoms with van der Waals surface area (Å²) in [5, 5.41) is 21.4. The van der Waals surface area contributed by atoms with E-state index in [9.17, 15) is 34.0 Å². The van der Waals surface area contributed by atoms with Crippen molar-refractivity contribution in [2.75, 3.05) is 12.3 Å². The van der Waals surface area contributed by atoms with Gasteiger partial charge in [-0.3, -0.25) is 23.7 Å². The lowest BCUT2D eigenvalue weighted by atomic mass is 9.43. The zero-order chi connectivity index (χ0) is 46.9. The molecular weight excluding hydrogens is 856 g/mol. The SMILES string of the molecule is C[C@H](CCC(=O)O)[C@H]1CCC2C3CCC4C[C@H](OC(=O)CCP(=O)(CC(CCC(=O)OCc5ccccc5)C(=O)OCc5ccccc5)OCc5ccccc5)CC[C@]4(C)C3C[C@H](O)[C@@]21C. The fourth-order valence-electron chi connectivity index (χ4n) is 12.9. The molecule has 0 bridgehead atoms. The van der Waals surface area contributed by atoms with Crippen LogP contribution in [0.15, 0.2) is 91.0 Å². The van der Waals surface area contributed by atoms with Crippen LogP contribution < -0.4 is 0 Å². The van der Waals surface area contributed by atoms with Crippen molar-refractivity contribution < 1.29 is 52.7 Å². The minimum absolute atomic E-state index is 0.00935. The van der Waals surface area contributed by atoms with Crippen LogP contribution in [-0.4, -0.2) is 58.6 Å². The van der Waals surface area contributed by atoms with Crippen LogP contribution in [0, 0.1) is 52.3 Å². The van der Waals surface area contributed by atoms with Gasteiger partial charge in [-0.15, -0.1) is 0 Å². The lowest BCUT2D eigenvalue weighted by Gasteiger charge is -2.62. The van der Waals surface area contributed by atoms with E-state index in [0.29, 0.717) is 42.4 Å². The summed E-state index contributed by atoms with van der Waals surface area (Å²) in [6.07, 6.45) is 6.85. The number of benzene rings is 3. The molecule has 7 rings (SSSR count). The van der Waals surface area contributed by atoms with Gasteiger partial charge in [-0.05, 0) is 127 Å². The highest BCUT2D eigenvalue weighted by Crippen LogP contribution is 2.68. The van der Waals surface area contributed by atoms with E-state index in [1.807, 2.05) is 91.0 Å². The van der Waals surface area contributed by atoms with Gasteiger partial charge in [-0.2, -0.15) is 0 Å². The van der Waals surface area contributed by atoms with Crippen LogP contribution in [0.1, 0.15) is 121 Å². The van der Waals surface area contributed by atoms with Crippen LogP contribution >= 0.6 is 7.37 Å². The van der Waals surface area contributed by atoms with E-state index in [-0.39, 0.29) is 80.7 Å². The molecule has 0 amide bonds. The number of carboxylic acid groups (broad SMARTS) is 1. The molecule has 4 aliphatic rings. The third-order valence-corrected chi connectivity index (χ3v) is 19.1. The number of ether oxygens (including phenoxy) is 3. The first-order valence-corrected chi connectivity index (χ1v) is 26.4. The Balaban J connectivity index is 0.981. The van der Waals surface area contributed by atoms with Gasteiger partial charge >= 0.3 is 23.9 Å². The smallest absolute Gasteiger partial charge is 0.309 e. The van der Waals surface area contributed by atoms with Gasteiger partial charge in [0.1, 0.15) is 19.3 Å². The van der Waals surface area contributed by atoms with E-state index in [4.69, 9.17) is 18.7 Å². The van der Waals surface area contributed by atoms with Crippen LogP contribution in [0.4, 0.5) is 0 Å². The predicted octanol–water partition coefficient (Wildman–Crippen LogP) is 10.8. The molecule has 12 atom stereocenters. The number of rotatable bonds is 21. The molecular formula is C54H71O11P. The number of aliphatic hydroxyl groups is 1. The van der Waals surface area contributed by atoms with Crippen molar-refractivity contribution in [1.82, 2.24) is 0 Å². The van der Waals surface area contributed by atoms with Crippen molar-refractivity contribution in [2.45, 2.75) is 136 Å². The maximum atomic E-state index is 14.9. The van der Waals surface area contributed by atoms with Gasteiger partial charge < -0.3 is 28.9 Å². The second-order valence-electron chi connectivity index (χ2n) is 20.5. The number of carboxylic acids is 1. The third-order valence-electron chi connectivity index (χ3n) is 16.6. The Kier molecular flexibility index (Phi) is 16.7. The van der Waals surface area contributed by atoms with Crippen LogP contribution in [0.2, 0.25) is 0 Å². The number of esters is 3. The Bertz CT molecular complexity index is 2130. The molecule has 4 saturated carbocycles. The monoisotopic (exact) mass is 926 g/mol. The van der Waals surface area contributed by atoms with E-state index in [1.165, 1.54) is 0 Å². The molecule has 66 heavy (non-hydrogen) atoms. The Morgan fingerprint density at radius 1 is 0.712 bits per heavy atom. The largest absolute Gasteiger partial charge is 0.481 e. The number of hydrogen-bond acceptors (Lipinski definition) is 10. The molecule has 4 aliphatic carbocycles. The molecule has 12 heteroatoms. The maximum absolute atomic E-state index is 14.9. The Morgan fingerprint density at radius 3 is 1.97 bits per heavy atom. The first kappa shape index (κ1) is 49.6. The van der Waals surface area contributed by atoms with Crippen molar-refractivity contribution in [1.29, 1.82) is 0 Å². The molecule has 11 nitrogen and oxygen atoms in total. The van der Waals surface area contributed by atoms with Gasteiger partial charge in [0.15, 0.2) is 0 Å². The zero-order valence-corrected chi connectivity index (χ0v) is 40.0. The normalized spacial score (nSPS) is 29.7. The Morgan fingerprint density at radius 2 is 1.33 bits per heavy atom. The standard InChI is InChI=1S/C54H71O11P/c1-37(19-25-49(56)57)45-23-24-46-44-22-21-42-31-43(27-29-53(42,2)47(44)32-48(55)54(45,46)3)65-51(59)28-30-66(61,64-35-40-17-11-6-12-18-40)36-41(52(60)63-34-39-15-9-5-10-16-39)20-26-50(58)62-33-38-13-7-4-8-14-38/h4-18,37,41-48,55H,19-36H2,1-3H3,(H,56,57)/t37-,41?,42?,43-,44?,45-,46?,47?,48+,53+,54-,66?/m1/s1. The summed E-state index contributed by atoms with van der Waals surface area (Å²) in [4.78, 5) is 51.9. The molecule has 2 N–H and O–H groups in total. The predicted molar refractivity (Wildman–Crippen MR) is 251 cm³/mol. The molecule has 0 aliphatic heterocycles. The summed E-state index contributed by atoms with van der Waals surface area (Å²) >= 11 is 0. The highest BCUT2D eigenvalue weighted by atomic mass is 31.2. The zero-order valence-electron chi connectivity index (χ0n) is 39.1. The highest BCUT2D eigenvalue weighted by Gasteiger charge is 2.64. The average Bonchev–Trinajstić information content (AvgIpc) is 3.69. The first-order chi connectivity index (χ1) is 31.7. The molecule has 0 aromatic heterocycles. The molecule has 3 aromatic rings. The molecule has 0 heterocycles. The maximum Gasteiger partial charge on any atom is 0.309 e. The lowest BCUT2D eigenvalue weighted by Crippen LogP contribution is -2.59. The fraction of sp³-hybridized carbons (Fsp3) is 0.593. The first-order valence-electron chi connectivity index (χ1n) is 24.4. The molecule has 6 unspecified atom stereocenters. The van der Waals surface area contributed by atoms with Crippen molar-refractivity contribution in [3.8, 4) is 0 Å². The molecule has 0 saturated heterocycles. The number of carbonyl (C=O) groups is 4. The Labute approximate surface area is 391 Å². The quantitative estimate of drug-likeness (QED) is 0.0594. The van der Waals surface area contributed by atoms with Gasteiger partial charge in [0.05, 0.1) is 25.0 Å². The number of fused-ring (bicyclic) bond motifs is 5. The van der Waals surface area contributed by atoms with Gasteiger partial charge in [-0.25, -0.2) is 0 Å². The summed E-state index contributed by atoms with van der Waals surface area (Å²) in [6.45, 7) is 6.97. The minimum Gasteiger partial charge on any atom is -0.481 e. The number of aliphatic hydroxyl groups excluding tert-OH is 1. The number of carbonyl (C=O) groups excluding carboxylic acids is 3. The molecule has 4 fully saturated rings. The van der Waals surface area contributed by atoms with Crippen LogP contribution in [0.25, 0.3) is 0 Å². The molecule has 0 radical (unpaired) electrons. The van der Waals surface area contributed by atoms with Gasteiger partial charge in [0.25, 0.3) is 0 Å². The van der Waals surface area contributed by atoms with Crippen LogP contribution in [0.3, 0.4) is 0 Å². The van der Waals surface area contributed by atoms with E-state index in [0.717, 1.165) is 61.6 Å². The molecule has 3 aromatic carbocycles. The topological polar surface area (TPSA) is 163 Å². The van der Waals surface area contributed by atoms with E-state index < -0.39 is 43.3 Å². The Hall–Kier alpha value is -4.31. The molecule has 358 valence electrons. The highest BCUT2D eigenvalue weighted by molar-refractivity contribution is 7.59. The summed E-state index contributed by atoms with van der Waals surface area (Å²) in [5.74, 6) is -1.08.